The van der Waals surface area contributed by atoms with Crippen molar-refractivity contribution in [2.24, 2.45) is 0 Å². The van der Waals surface area contributed by atoms with Gasteiger partial charge in [-0.3, -0.25) is 4.90 Å². The predicted molar refractivity (Wildman–Crippen MR) is 59.9 cm³/mol. The van der Waals surface area contributed by atoms with Crippen molar-refractivity contribution >= 4 is 6.09 Å². The van der Waals surface area contributed by atoms with E-state index in [0.717, 1.165) is 6.42 Å². The Morgan fingerprint density at radius 2 is 2.06 bits per heavy atom. The maximum absolute atomic E-state index is 11.5. The fourth-order valence-electron chi connectivity index (χ4n) is 2.46. The van der Waals surface area contributed by atoms with Gasteiger partial charge < -0.3 is 4.74 Å². The zero-order valence-corrected chi connectivity index (χ0v) is 8.87. The number of fused-ring (bicyclic) bond motifs is 1. The van der Waals surface area contributed by atoms with E-state index in [0.29, 0.717) is 12.5 Å². The van der Waals surface area contributed by atoms with Crippen molar-refractivity contribution in [2.75, 3.05) is 6.61 Å². The van der Waals surface area contributed by atoms with Crippen molar-refractivity contribution in [1.82, 2.24) is 4.90 Å². The van der Waals surface area contributed by atoms with Crippen molar-refractivity contribution in [3.05, 3.63) is 48.2 Å². The molecule has 3 rings (SSSR count). The molecule has 16 heavy (non-hydrogen) atoms. The Bertz CT molecular complexity index is 427. The number of rotatable bonds is 1. The minimum absolute atomic E-state index is 0.217. The van der Waals surface area contributed by atoms with Gasteiger partial charge in [0.15, 0.2) is 0 Å². The summed E-state index contributed by atoms with van der Waals surface area (Å²) in [6.45, 7) is 0.533. The van der Waals surface area contributed by atoms with Crippen molar-refractivity contribution < 1.29 is 9.53 Å². The third-order valence-electron chi connectivity index (χ3n) is 3.26. The molecule has 1 fully saturated rings. The van der Waals surface area contributed by atoms with E-state index in [1.807, 2.05) is 24.4 Å². The quantitative estimate of drug-likeness (QED) is 0.720. The molecule has 3 nitrogen and oxygen atoms in total. The monoisotopic (exact) mass is 215 g/mol. The third kappa shape index (κ3) is 1.40. The molecule has 2 heterocycles. The topological polar surface area (TPSA) is 29.5 Å². The Balaban J connectivity index is 1.89. The molecule has 0 aromatic heterocycles. The van der Waals surface area contributed by atoms with Gasteiger partial charge in [0, 0.05) is 18.5 Å². The summed E-state index contributed by atoms with van der Waals surface area (Å²) in [5, 5.41) is 0. The number of nitrogens with zero attached hydrogens (tertiary/aromatic N) is 1. The van der Waals surface area contributed by atoms with Gasteiger partial charge in [0.25, 0.3) is 0 Å². The molecule has 0 saturated carbocycles. The average Bonchev–Trinajstić information content (AvgIpc) is 2.75. The van der Waals surface area contributed by atoms with Crippen LogP contribution >= 0.6 is 0 Å². The molecule has 0 N–H and O–H groups in total. The highest BCUT2D eigenvalue weighted by atomic mass is 16.6. The van der Waals surface area contributed by atoms with E-state index < -0.39 is 0 Å². The summed E-state index contributed by atoms with van der Waals surface area (Å²) in [5.41, 5.74) is 1.26. The Morgan fingerprint density at radius 3 is 2.88 bits per heavy atom. The van der Waals surface area contributed by atoms with E-state index in [1.165, 1.54) is 5.56 Å². The zero-order chi connectivity index (χ0) is 11.0. The lowest BCUT2D eigenvalue weighted by molar-refractivity contribution is 0.0676. The molecule has 2 aliphatic rings. The molecule has 0 spiro atoms. The molecule has 1 saturated heterocycles. The molecule has 0 radical (unpaired) electrons. The number of ether oxygens (including phenoxy) is 1. The SMILES string of the molecule is O=C1OCC[C@@H]2[C@@H](c3ccccc3)C=CN12. The molecular formula is C13H13NO2. The van der Waals surface area contributed by atoms with E-state index in [1.54, 1.807) is 4.90 Å². The van der Waals surface area contributed by atoms with Crippen molar-refractivity contribution in [2.45, 2.75) is 18.4 Å². The normalized spacial score (nSPS) is 27.8. The minimum atomic E-state index is -0.217. The Labute approximate surface area is 94.3 Å². The lowest BCUT2D eigenvalue weighted by Gasteiger charge is -2.31. The molecule has 0 aliphatic carbocycles. The molecule has 1 aromatic carbocycles. The minimum Gasteiger partial charge on any atom is -0.449 e. The van der Waals surface area contributed by atoms with Crippen LogP contribution in [-0.4, -0.2) is 23.6 Å². The highest BCUT2D eigenvalue weighted by Gasteiger charge is 2.37. The number of carbonyl (C=O) groups excluding carboxylic acids is 1. The van der Waals surface area contributed by atoms with Crippen molar-refractivity contribution in [1.29, 1.82) is 0 Å². The molecule has 82 valence electrons. The molecule has 3 heteroatoms. The lowest BCUT2D eigenvalue weighted by Crippen LogP contribution is -2.41. The van der Waals surface area contributed by atoms with Gasteiger partial charge in [0.2, 0.25) is 0 Å². The van der Waals surface area contributed by atoms with E-state index in [2.05, 4.69) is 18.2 Å². The highest BCUT2D eigenvalue weighted by Crippen LogP contribution is 2.34. The Kier molecular flexibility index (Phi) is 2.17. The van der Waals surface area contributed by atoms with E-state index >= 15 is 0 Å². The van der Waals surface area contributed by atoms with E-state index in [-0.39, 0.29) is 12.1 Å². The molecule has 0 bridgehead atoms. The van der Waals surface area contributed by atoms with Crippen LogP contribution in [-0.2, 0) is 4.74 Å². The molecule has 1 amide bonds. The third-order valence-corrected chi connectivity index (χ3v) is 3.26. The average molecular weight is 215 g/mol. The molecule has 2 aliphatic heterocycles. The second-order valence-electron chi connectivity index (χ2n) is 4.16. The van der Waals surface area contributed by atoms with Gasteiger partial charge in [-0.25, -0.2) is 4.79 Å². The summed E-state index contributed by atoms with van der Waals surface area (Å²) in [7, 11) is 0. The van der Waals surface area contributed by atoms with Gasteiger partial charge in [0.05, 0.1) is 12.6 Å². The van der Waals surface area contributed by atoms with Gasteiger partial charge >= 0.3 is 6.09 Å². The van der Waals surface area contributed by atoms with Gasteiger partial charge in [-0.05, 0) is 5.56 Å². The summed E-state index contributed by atoms with van der Waals surface area (Å²) in [4.78, 5) is 13.2. The van der Waals surface area contributed by atoms with Crippen molar-refractivity contribution in [3.63, 3.8) is 0 Å². The zero-order valence-electron chi connectivity index (χ0n) is 8.87. The smallest absolute Gasteiger partial charge is 0.414 e. The van der Waals surface area contributed by atoms with Gasteiger partial charge in [-0.2, -0.15) is 0 Å². The van der Waals surface area contributed by atoms with Crippen LogP contribution in [0.2, 0.25) is 0 Å². The first-order valence-electron chi connectivity index (χ1n) is 5.54. The lowest BCUT2D eigenvalue weighted by atomic mass is 9.91. The van der Waals surface area contributed by atoms with Gasteiger partial charge in [-0.1, -0.05) is 36.4 Å². The first-order chi connectivity index (χ1) is 7.86. The maximum Gasteiger partial charge on any atom is 0.414 e. The van der Waals surface area contributed by atoms with Crippen LogP contribution < -0.4 is 0 Å². The summed E-state index contributed by atoms with van der Waals surface area (Å²) < 4.78 is 5.01. The molecular weight excluding hydrogens is 202 g/mol. The van der Waals surface area contributed by atoms with Gasteiger partial charge in [-0.15, -0.1) is 0 Å². The standard InChI is InChI=1S/C13H13NO2/c15-13-14-8-6-11(12(14)7-9-16-13)10-4-2-1-3-5-10/h1-6,8,11-12H,7,9H2/t11-,12-/m1/s1. The number of hydrogen-bond donors (Lipinski definition) is 0. The second kappa shape index (κ2) is 3.67. The summed E-state index contributed by atoms with van der Waals surface area (Å²) in [5.74, 6) is 0.314. The Hall–Kier alpha value is -1.77. The van der Waals surface area contributed by atoms with Crippen LogP contribution in [0.15, 0.2) is 42.6 Å². The number of benzene rings is 1. The molecule has 2 atom stereocenters. The van der Waals surface area contributed by atoms with Crippen LogP contribution in [0.3, 0.4) is 0 Å². The predicted octanol–water partition coefficient (Wildman–Crippen LogP) is 2.51. The van der Waals surface area contributed by atoms with Crippen LogP contribution in [0, 0.1) is 0 Å². The van der Waals surface area contributed by atoms with E-state index in [9.17, 15) is 4.79 Å². The van der Waals surface area contributed by atoms with Gasteiger partial charge in [0.1, 0.15) is 0 Å². The Morgan fingerprint density at radius 1 is 1.25 bits per heavy atom. The number of amides is 1. The van der Waals surface area contributed by atoms with Crippen LogP contribution in [0.25, 0.3) is 0 Å². The number of cyclic esters (lactones) is 1. The van der Waals surface area contributed by atoms with Crippen LogP contribution in [0.1, 0.15) is 17.9 Å². The number of carbonyl (C=O) groups is 1. The van der Waals surface area contributed by atoms with E-state index in [4.69, 9.17) is 4.74 Å². The first kappa shape index (κ1) is 9.46. The van der Waals surface area contributed by atoms with Crippen molar-refractivity contribution in [3.8, 4) is 0 Å². The fraction of sp³-hybridized carbons (Fsp3) is 0.308. The molecule has 1 aromatic rings. The molecule has 0 unspecified atom stereocenters. The fourth-order valence-corrected chi connectivity index (χ4v) is 2.46. The van der Waals surface area contributed by atoms with Crippen LogP contribution in [0.4, 0.5) is 4.79 Å². The van der Waals surface area contributed by atoms with Crippen LogP contribution in [0.5, 0.6) is 0 Å². The maximum atomic E-state index is 11.5. The summed E-state index contributed by atoms with van der Waals surface area (Å²) in [6, 6.07) is 10.5. The first-order valence-corrected chi connectivity index (χ1v) is 5.54. The summed E-state index contributed by atoms with van der Waals surface area (Å²) in [6.07, 6.45) is 4.63. The summed E-state index contributed by atoms with van der Waals surface area (Å²) >= 11 is 0. The number of hydrogen-bond acceptors (Lipinski definition) is 2. The largest absolute Gasteiger partial charge is 0.449 e. The highest BCUT2D eigenvalue weighted by molar-refractivity contribution is 5.71. The second-order valence-corrected chi connectivity index (χ2v) is 4.16.